The number of ether oxygens (including phenoxy) is 1. The second-order valence-electron chi connectivity index (χ2n) is 5.13. The van der Waals surface area contributed by atoms with E-state index in [1.165, 1.54) is 0 Å². The van der Waals surface area contributed by atoms with E-state index in [2.05, 4.69) is 26.1 Å². The maximum Gasteiger partial charge on any atom is 0.0897 e. The van der Waals surface area contributed by atoms with Crippen molar-refractivity contribution in [2.45, 2.75) is 52.7 Å². The van der Waals surface area contributed by atoms with Crippen LogP contribution in [0.5, 0.6) is 0 Å². The first-order chi connectivity index (χ1) is 6.87. The highest BCUT2D eigenvalue weighted by atomic mass is 35.5. The Bertz CT molecular complexity index is 163. The van der Waals surface area contributed by atoms with Crippen molar-refractivity contribution in [1.82, 2.24) is 5.32 Å². The Kier molecular flexibility index (Phi) is 10.7. The van der Waals surface area contributed by atoms with Crippen LogP contribution < -0.4 is 5.32 Å². The number of rotatable bonds is 8. The highest BCUT2D eigenvalue weighted by molar-refractivity contribution is 5.85. The van der Waals surface area contributed by atoms with Gasteiger partial charge >= 0.3 is 0 Å². The second kappa shape index (κ2) is 9.23. The van der Waals surface area contributed by atoms with Crippen LogP contribution >= 0.6 is 12.4 Å². The quantitative estimate of drug-likeness (QED) is 0.697. The molecule has 0 fully saturated rings. The van der Waals surface area contributed by atoms with E-state index in [4.69, 9.17) is 4.74 Å². The van der Waals surface area contributed by atoms with Crippen LogP contribution in [-0.2, 0) is 4.74 Å². The van der Waals surface area contributed by atoms with Gasteiger partial charge in [-0.15, -0.1) is 12.4 Å². The largest absolute Gasteiger partial charge is 0.389 e. The van der Waals surface area contributed by atoms with E-state index in [1.807, 2.05) is 13.8 Å². The second-order valence-corrected chi connectivity index (χ2v) is 5.13. The molecule has 0 aromatic heterocycles. The zero-order chi connectivity index (χ0) is 11.9. The molecular weight excluding hydrogens is 226 g/mol. The number of hydrogen-bond donors (Lipinski definition) is 2. The van der Waals surface area contributed by atoms with Crippen LogP contribution in [0.25, 0.3) is 0 Å². The van der Waals surface area contributed by atoms with Crippen LogP contribution in [0.3, 0.4) is 0 Å². The lowest BCUT2D eigenvalue weighted by Gasteiger charge is -2.25. The van der Waals surface area contributed by atoms with Crippen molar-refractivity contribution in [3.63, 3.8) is 0 Å². The summed E-state index contributed by atoms with van der Waals surface area (Å²) in [4.78, 5) is 0. The summed E-state index contributed by atoms with van der Waals surface area (Å²) in [7, 11) is 0. The van der Waals surface area contributed by atoms with Crippen LogP contribution in [0.15, 0.2) is 0 Å². The minimum atomic E-state index is -0.408. The van der Waals surface area contributed by atoms with Gasteiger partial charge in [-0.1, -0.05) is 20.8 Å². The highest BCUT2D eigenvalue weighted by Crippen LogP contribution is 2.13. The van der Waals surface area contributed by atoms with E-state index in [0.717, 1.165) is 13.0 Å². The van der Waals surface area contributed by atoms with Crippen LogP contribution in [0.1, 0.15) is 41.0 Å². The molecule has 0 heterocycles. The van der Waals surface area contributed by atoms with Gasteiger partial charge in [0, 0.05) is 6.54 Å². The number of halogens is 1. The maximum atomic E-state index is 9.63. The predicted octanol–water partition coefficient (Wildman–Crippen LogP) is 2.22. The van der Waals surface area contributed by atoms with Gasteiger partial charge in [0.05, 0.1) is 18.3 Å². The van der Waals surface area contributed by atoms with E-state index >= 15 is 0 Å². The third-order valence-corrected chi connectivity index (χ3v) is 2.45. The number of aliphatic hydroxyl groups excluding tert-OH is 1. The Morgan fingerprint density at radius 1 is 1.25 bits per heavy atom. The number of nitrogens with one attached hydrogen (secondary N) is 1. The molecule has 4 heteroatoms. The highest BCUT2D eigenvalue weighted by Gasteiger charge is 2.17. The van der Waals surface area contributed by atoms with Crippen molar-refractivity contribution in [2.75, 3.05) is 19.7 Å². The van der Waals surface area contributed by atoms with E-state index in [9.17, 15) is 5.11 Å². The molecule has 0 radical (unpaired) electrons. The molecular formula is C12H28ClNO2. The Balaban J connectivity index is 0. The summed E-state index contributed by atoms with van der Waals surface area (Å²) < 4.78 is 5.61. The van der Waals surface area contributed by atoms with Crippen molar-refractivity contribution in [2.24, 2.45) is 5.92 Å². The molecule has 0 amide bonds. The molecule has 0 spiro atoms. The average molecular weight is 254 g/mol. The summed E-state index contributed by atoms with van der Waals surface area (Å²) in [6.07, 6.45) is 0.550. The van der Waals surface area contributed by atoms with Gasteiger partial charge in [-0.2, -0.15) is 0 Å². The Morgan fingerprint density at radius 2 is 1.81 bits per heavy atom. The Hall–Kier alpha value is 0.170. The molecule has 16 heavy (non-hydrogen) atoms. The van der Waals surface area contributed by atoms with Crippen LogP contribution in [0.2, 0.25) is 0 Å². The third-order valence-electron chi connectivity index (χ3n) is 2.45. The summed E-state index contributed by atoms with van der Waals surface area (Å²) in [6, 6.07) is 0. The molecule has 0 saturated heterocycles. The first-order valence-electron chi connectivity index (χ1n) is 5.90. The van der Waals surface area contributed by atoms with Crippen LogP contribution in [0.4, 0.5) is 0 Å². The molecule has 0 bridgehead atoms. The number of hydrogen-bond acceptors (Lipinski definition) is 3. The monoisotopic (exact) mass is 253 g/mol. The van der Waals surface area contributed by atoms with Gasteiger partial charge in [0.15, 0.2) is 0 Å². The number of aliphatic hydroxyl groups is 1. The fourth-order valence-electron chi connectivity index (χ4n) is 1.02. The first kappa shape index (κ1) is 18.5. The maximum absolute atomic E-state index is 9.63. The molecule has 0 saturated carbocycles. The molecule has 1 unspecified atom stereocenters. The molecule has 0 aliphatic carbocycles. The van der Waals surface area contributed by atoms with E-state index in [-0.39, 0.29) is 18.0 Å². The lowest BCUT2D eigenvalue weighted by Crippen LogP contribution is -2.35. The van der Waals surface area contributed by atoms with Crippen LogP contribution in [-0.4, -0.2) is 36.5 Å². The average Bonchev–Trinajstić information content (AvgIpc) is 2.14. The SMILES string of the molecule is CCC(C)(C)OCC(O)CNCC(C)C.Cl. The van der Waals surface area contributed by atoms with Crippen molar-refractivity contribution in [3.8, 4) is 0 Å². The molecule has 3 nitrogen and oxygen atoms in total. The van der Waals surface area contributed by atoms with Crippen LogP contribution in [0, 0.1) is 5.92 Å². The third kappa shape index (κ3) is 10.7. The van der Waals surface area contributed by atoms with Crippen molar-refractivity contribution in [3.05, 3.63) is 0 Å². The van der Waals surface area contributed by atoms with Gasteiger partial charge in [-0.25, -0.2) is 0 Å². The van der Waals surface area contributed by atoms with Gasteiger partial charge in [0.2, 0.25) is 0 Å². The topological polar surface area (TPSA) is 41.5 Å². The van der Waals surface area contributed by atoms with Gasteiger partial charge in [-0.05, 0) is 32.7 Å². The first-order valence-corrected chi connectivity index (χ1v) is 5.90. The lowest BCUT2D eigenvalue weighted by atomic mass is 10.1. The fraction of sp³-hybridized carbons (Fsp3) is 1.00. The normalized spacial score (nSPS) is 13.7. The predicted molar refractivity (Wildman–Crippen MR) is 71.3 cm³/mol. The minimum Gasteiger partial charge on any atom is -0.389 e. The van der Waals surface area contributed by atoms with E-state index in [0.29, 0.717) is 19.1 Å². The molecule has 0 aromatic rings. The van der Waals surface area contributed by atoms with Crippen molar-refractivity contribution in [1.29, 1.82) is 0 Å². The molecule has 0 aromatic carbocycles. The molecule has 100 valence electrons. The van der Waals surface area contributed by atoms with E-state index in [1.54, 1.807) is 0 Å². The van der Waals surface area contributed by atoms with Gasteiger partial charge < -0.3 is 15.2 Å². The molecule has 2 N–H and O–H groups in total. The van der Waals surface area contributed by atoms with E-state index < -0.39 is 6.10 Å². The summed E-state index contributed by atoms with van der Waals surface area (Å²) >= 11 is 0. The van der Waals surface area contributed by atoms with Crippen molar-refractivity contribution < 1.29 is 9.84 Å². The minimum absolute atomic E-state index is 0. The van der Waals surface area contributed by atoms with Crippen molar-refractivity contribution >= 4 is 12.4 Å². The Morgan fingerprint density at radius 3 is 2.25 bits per heavy atom. The summed E-state index contributed by atoms with van der Waals surface area (Å²) in [5.74, 6) is 0.616. The smallest absolute Gasteiger partial charge is 0.0897 e. The Labute approximate surface area is 106 Å². The summed E-state index contributed by atoms with van der Waals surface area (Å²) in [5.41, 5.74) is -0.126. The molecule has 0 rings (SSSR count). The lowest BCUT2D eigenvalue weighted by molar-refractivity contribution is -0.0601. The standard InChI is InChI=1S/C12H27NO2.ClH/c1-6-12(4,5)15-9-11(14)8-13-7-10(2)3;/h10-11,13-14H,6-9H2,1-5H3;1H. The van der Waals surface area contributed by atoms with Gasteiger partial charge in [0.1, 0.15) is 0 Å². The summed E-state index contributed by atoms with van der Waals surface area (Å²) in [6.45, 7) is 12.4. The summed E-state index contributed by atoms with van der Waals surface area (Å²) in [5, 5.41) is 12.8. The van der Waals surface area contributed by atoms with Gasteiger partial charge in [0.25, 0.3) is 0 Å². The molecule has 1 atom stereocenters. The fourth-order valence-corrected chi connectivity index (χ4v) is 1.02. The molecule has 0 aliphatic rings. The molecule has 0 aliphatic heterocycles. The zero-order valence-corrected chi connectivity index (χ0v) is 12.1. The van der Waals surface area contributed by atoms with Gasteiger partial charge in [-0.3, -0.25) is 0 Å². The zero-order valence-electron chi connectivity index (χ0n) is 11.2.